The molecule has 2 heterocycles. The lowest BCUT2D eigenvalue weighted by atomic mass is 9.96. The predicted octanol–water partition coefficient (Wildman–Crippen LogP) is 1.98. The molecule has 2 fully saturated rings. The predicted molar refractivity (Wildman–Crippen MR) is 97.8 cm³/mol. The molecule has 2 saturated heterocycles. The van der Waals surface area contributed by atoms with Gasteiger partial charge in [-0.25, -0.2) is 0 Å². The van der Waals surface area contributed by atoms with Crippen LogP contribution in [0, 0.1) is 0 Å². The van der Waals surface area contributed by atoms with Gasteiger partial charge in [0, 0.05) is 38.8 Å². The molecule has 2 aliphatic rings. The summed E-state index contributed by atoms with van der Waals surface area (Å²) in [5, 5.41) is 20.2. The van der Waals surface area contributed by atoms with Gasteiger partial charge in [0.25, 0.3) is 0 Å². The smallest absolute Gasteiger partial charge is 0.0822 e. The molecule has 2 aliphatic heterocycles. The van der Waals surface area contributed by atoms with E-state index in [4.69, 9.17) is 0 Å². The lowest BCUT2D eigenvalue weighted by Gasteiger charge is -2.43. The summed E-state index contributed by atoms with van der Waals surface area (Å²) in [4.78, 5) is 4.73. The summed E-state index contributed by atoms with van der Waals surface area (Å²) < 4.78 is 0. The van der Waals surface area contributed by atoms with Gasteiger partial charge in [-0.15, -0.1) is 0 Å². The van der Waals surface area contributed by atoms with E-state index in [-0.39, 0.29) is 18.2 Å². The summed E-state index contributed by atoms with van der Waals surface area (Å²) in [5.74, 6) is 0. The Labute approximate surface area is 145 Å². The van der Waals surface area contributed by atoms with Gasteiger partial charge in [0.05, 0.1) is 12.2 Å². The highest BCUT2D eigenvalue weighted by atomic mass is 16.3. The molecule has 0 aliphatic carbocycles. The Morgan fingerprint density at radius 2 is 1.79 bits per heavy atom. The first kappa shape index (κ1) is 17.6. The second kappa shape index (κ2) is 8.26. The highest BCUT2D eigenvalue weighted by molar-refractivity contribution is 5.52. The van der Waals surface area contributed by atoms with Gasteiger partial charge in [0.1, 0.15) is 0 Å². The van der Waals surface area contributed by atoms with Crippen LogP contribution >= 0.6 is 0 Å². The second-order valence-electron chi connectivity index (χ2n) is 7.33. The Bertz CT molecular complexity index is 538. The fourth-order valence-electron chi connectivity index (χ4n) is 4.00. The second-order valence-corrected chi connectivity index (χ2v) is 7.33. The topological polar surface area (TPSA) is 46.9 Å². The van der Waals surface area contributed by atoms with Crippen molar-refractivity contribution >= 4 is 6.08 Å². The molecular weight excluding hydrogens is 300 g/mol. The molecule has 2 atom stereocenters. The first-order chi connectivity index (χ1) is 11.6. The molecular formula is C20H30N2O2. The maximum Gasteiger partial charge on any atom is 0.0822 e. The van der Waals surface area contributed by atoms with Gasteiger partial charge in [-0.1, -0.05) is 42.0 Å². The van der Waals surface area contributed by atoms with Gasteiger partial charge in [0.15, 0.2) is 0 Å². The van der Waals surface area contributed by atoms with E-state index >= 15 is 0 Å². The molecule has 0 bridgehead atoms. The maximum absolute atomic E-state index is 10.6. The molecule has 4 heteroatoms. The zero-order chi connectivity index (χ0) is 16.9. The van der Waals surface area contributed by atoms with Crippen molar-refractivity contribution in [2.45, 2.75) is 44.4 Å². The Balaban J connectivity index is 1.51. The van der Waals surface area contributed by atoms with Crippen molar-refractivity contribution in [1.82, 2.24) is 9.80 Å². The van der Waals surface area contributed by atoms with E-state index in [2.05, 4.69) is 47.1 Å². The first-order valence-corrected chi connectivity index (χ1v) is 9.16. The minimum atomic E-state index is -0.293. The summed E-state index contributed by atoms with van der Waals surface area (Å²) in [6, 6.07) is 10.7. The first-order valence-electron chi connectivity index (χ1n) is 9.16. The summed E-state index contributed by atoms with van der Waals surface area (Å²) in [5.41, 5.74) is 2.56. The van der Waals surface area contributed by atoms with Crippen LogP contribution in [-0.2, 0) is 0 Å². The lowest BCUT2D eigenvalue weighted by molar-refractivity contribution is -0.0319. The van der Waals surface area contributed by atoms with Crippen molar-refractivity contribution in [2.24, 2.45) is 0 Å². The highest BCUT2D eigenvalue weighted by Crippen LogP contribution is 2.22. The van der Waals surface area contributed by atoms with Crippen molar-refractivity contribution in [1.29, 1.82) is 0 Å². The van der Waals surface area contributed by atoms with Gasteiger partial charge in [-0.3, -0.25) is 9.80 Å². The number of piperidine rings is 2. The fraction of sp³-hybridized carbons (Fsp3) is 0.600. The van der Waals surface area contributed by atoms with Crippen LogP contribution < -0.4 is 0 Å². The van der Waals surface area contributed by atoms with E-state index < -0.39 is 0 Å². The normalized spacial score (nSPS) is 28.2. The number of nitrogens with zero attached hydrogens (tertiary/aromatic N) is 2. The van der Waals surface area contributed by atoms with Crippen LogP contribution in [0.15, 0.2) is 35.9 Å². The molecule has 2 N–H and O–H groups in total. The van der Waals surface area contributed by atoms with Crippen molar-refractivity contribution < 1.29 is 10.2 Å². The number of benzene rings is 1. The summed E-state index contributed by atoms with van der Waals surface area (Å²) in [6.07, 6.45) is 4.47. The van der Waals surface area contributed by atoms with Gasteiger partial charge in [-0.2, -0.15) is 0 Å². The van der Waals surface area contributed by atoms with Gasteiger partial charge < -0.3 is 10.2 Å². The van der Waals surface area contributed by atoms with E-state index in [1.54, 1.807) is 0 Å². The minimum absolute atomic E-state index is 0.149. The van der Waals surface area contributed by atoms with E-state index in [1.165, 1.54) is 11.1 Å². The zero-order valence-electron chi connectivity index (χ0n) is 14.6. The van der Waals surface area contributed by atoms with Crippen LogP contribution in [-0.4, -0.2) is 71.0 Å². The van der Waals surface area contributed by atoms with Gasteiger partial charge in [0.2, 0.25) is 0 Å². The highest BCUT2D eigenvalue weighted by Gasteiger charge is 2.33. The van der Waals surface area contributed by atoms with E-state index in [1.807, 2.05) is 6.07 Å². The molecule has 0 aromatic heterocycles. The molecule has 0 spiro atoms. The van der Waals surface area contributed by atoms with E-state index in [9.17, 15) is 10.2 Å². The summed E-state index contributed by atoms with van der Waals surface area (Å²) >= 11 is 0. The van der Waals surface area contributed by atoms with Gasteiger partial charge in [-0.05, 0) is 31.7 Å². The third-order valence-electron chi connectivity index (χ3n) is 5.28. The molecule has 3 rings (SSSR count). The fourth-order valence-corrected chi connectivity index (χ4v) is 4.00. The molecule has 0 amide bonds. The van der Waals surface area contributed by atoms with Crippen LogP contribution in [0.2, 0.25) is 0 Å². The third kappa shape index (κ3) is 4.67. The standard InChI is InChI=1S/C20H30N2O2/c1-16(13-17-5-3-2-4-6-17)14-21-10-9-19(20(24)15-21)22-11-7-18(23)8-12-22/h2-6,13,18-20,23-24H,7-12,14-15H2,1H3/t19-,20-/m1/s1. The van der Waals surface area contributed by atoms with Crippen LogP contribution in [0.3, 0.4) is 0 Å². The number of rotatable bonds is 4. The Hall–Kier alpha value is -1.20. The third-order valence-corrected chi connectivity index (χ3v) is 5.28. The largest absolute Gasteiger partial charge is 0.393 e. The number of likely N-dealkylation sites (tertiary alicyclic amines) is 2. The number of hydrogen-bond acceptors (Lipinski definition) is 4. The maximum atomic E-state index is 10.6. The van der Waals surface area contributed by atoms with E-state index in [0.29, 0.717) is 0 Å². The number of aliphatic hydroxyl groups is 2. The number of aliphatic hydroxyl groups excluding tert-OH is 2. The molecule has 24 heavy (non-hydrogen) atoms. The molecule has 132 valence electrons. The molecule has 0 unspecified atom stereocenters. The van der Waals surface area contributed by atoms with Crippen molar-refractivity contribution in [3.63, 3.8) is 0 Å². The van der Waals surface area contributed by atoms with Crippen LogP contribution in [0.25, 0.3) is 6.08 Å². The molecule has 1 aromatic carbocycles. The molecule has 0 radical (unpaired) electrons. The van der Waals surface area contributed by atoms with E-state index in [0.717, 1.165) is 52.0 Å². The van der Waals surface area contributed by atoms with Crippen molar-refractivity contribution in [2.75, 3.05) is 32.7 Å². The number of hydrogen-bond donors (Lipinski definition) is 2. The zero-order valence-corrected chi connectivity index (χ0v) is 14.6. The Morgan fingerprint density at radius 1 is 1.08 bits per heavy atom. The van der Waals surface area contributed by atoms with Crippen LogP contribution in [0.4, 0.5) is 0 Å². The van der Waals surface area contributed by atoms with Crippen LogP contribution in [0.5, 0.6) is 0 Å². The average Bonchev–Trinajstić information content (AvgIpc) is 2.57. The summed E-state index contributed by atoms with van der Waals surface area (Å²) in [7, 11) is 0. The SMILES string of the molecule is CC(=Cc1ccccc1)CN1CC[C@@H](N2CCC(O)CC2)[C@H](O)C1. The lowest BCUT2D eigenvalue weighted by Crippen LogP contribution is -2.56. The van der Waals surface area contributed by atoms with Crippen LogP contribution in [0.1, 0.15) is 31.7 Å². The molecule has 4 nitrogen and oxygen atoms in total. The minimum Gasteiger partial charge on any atom is -0.393 e. The average molecular weight is 330 g/mol. The van der Waals surface area contributed by atoms with Crippen molar-refractivity contribution in [3.8, 4) is 0 Å². The Morgan fingerprint density at radius 3 is 2.46 bits per heavy atom. The van der Waals surface area contributed by atoms with Gasteiger partial charge >= 0.3 is 0 Å². The quantitative estimate of drug-likeness (QED) is 0.886. The monoisotopic (exact) mass is 330 g/mol. The van der Waals surface area contributed by atoms with Crippen molar-refractivity contribution in [3.05, 3.63) is 41.5 Å². The number of β-amino-alcohol motifs (C(OH)–C–C–N with tert-alkyl or cyclic N) is 1. The molecule has 0 saturated carbocycles. The molecule has 1 aromatic rings. The summed E-state index contributed by atoms with van der Waals surface area (Å²) in [6.45, 7) is 6.67. The Kier molecular flexibility index (Phi) is 6.06.